The number of hydrogen-bond donors (Lipinski definition) is 2. The third-order valence-corrected chi connectivity index (χ3v) is 3.12. The van der Waals surface area contributed by atoms with E-state index in [4.69, 9.17) is 5.73 Å². The topological polar surface area (TPSA) is 50.9 Å². The Labute approximate surface area is 89.9 Å². The van der Waals surface area contributed by atoms with Gasteiger partial charge in [-0.25, -0.2) is 0 Å². The number of aromatic nitrogens is 1. The molecule has 1 aromatic rings. The van der Waals surface area contributed by atoms with E-state index >= 15 is 0 Å². The van der Waals surface area contributed by atoms with E-state index in [1.807, 2.05) is 6.92 Å². The molecule has 0 aliphatic carbocycles. The molecule has 0 radical (unpaired) electrons. The summed E-state index contributed by atoms with van der Waals surface area (Å²) in [5.41, 5.74) is 6.74. The van der Waals surface area contributed by atoms with Crippen LogP contribution in [-0.4, -0.2) is 10.9 Å². The van der Waals surface area contributed by atoms with Gasteiger partial charge in [-0.1, -0.05) is 13.8 Å². The van der Waals surface area contributed by atoms with Crippen LogP contribution in [-0.2, 0) is 0 Å². The maximum atomic E-state index is 5.65. The minimum Gasteiger partial charge on any atom is -0.383 e. The Morgan fingerprint density at radius 2 is 2.21 bits per heavy atom. The van der Waals surface area contributed by atoms with Gasteiger partial charge in [-0.2, -0.15) is 4.37 Å². The molecule has 14 heavy (non-hydrogen) atoms. The van der Waals surface area contributed by atoms with E-state index in [0.717, 1.165) is 23.0 Å². The molecule has 1 rings (SSSR count). The number of anilines is 2. The fourth-order valence-corrected chi connectivity index (χ4v) is 1.96. The molecular weight excluding hydrogens is 194 g/mol. The van der Waals surface area contributed by atoms with Gasteiger partial charge in [0, 0.05) is 12.1 Å². The third-order valence-electron chi connectivity index (χ3n) is 2.20. The molecule has 0 fully saturated rings. The van der Waals surface area contributed by atoms with E-state index in [1.165, 1.54) is 24.4 Å². The lowest BCUT2D eigenvalue weighted by atomic mass is 10.1. The summed E-state index contributed by atoms with van der Waals surface area (Å²) in [4.78, 5) is 0. The van der Waals surface area contributed by atoms with E-state index < -0.39 is 0 Å². The van der Waals surface area contributed by atoms with Crippen molar-refractivity contribution in [2.24, 2.45) is 5.92 Å². The SMILES string of the molecule is Cc1c(N)nsc1NCCCC(C)C. The van der Waals surface area contributed by atoms with Gasteiger partial charge in [0.25, 0.3) is 0 Å². The number of nitrogens with one attached hydrogen (secondary N) is 1. The maximum Gasteiger partial charge on any atom is 0.142 e. The summed E-state index contributed by atoms with van der Waals surface area (Å²) in [5.74, 6) is 1.44. The Hall–Kier alpha value is -0.770. The summed E-state index contributed by atoms with van der Waals surface area (Å²) in [7, 11) is 0. The highest BCUT2D eigenvalue weighted by Crippen LogP contribution is 2.25. The molecule has 0 saturated heterocycles. The molecule has 0 amide bonds. The smallest absolute Gasteiger partial charge is 0.142 e. The summed E-state index contributed by atoms with van der Waals surface area (Å²) >= 11 is 1.45. The molecule has 4 heteroatoms. The summed E-state index contributed by atoms with van der Waals surface area (Å²) in [6, 6.07) is 0. The van der Waals surface area contributed by atoms with Crippen molar-refractivity contribution >= 4 is 22.4 Å². The van der Waals surface area contributed by atoms with Crippen molar-refractivity contribution in [3.05, 3.63) is 5.56 Å². The molecule has 80 valence electrons. The Kier molecular flexibility index (Phi) is 4.20. The molecule has 1 heterocycles. The quantitative estimate of drug-likeness (QED) is 0.739. The number of nitrogens with two attached hydrogens (primary N) is 1. The molecule has 0 atom stereocenters. The minimum atomic E-state index is 0.654. The van der Waals surface area contributed by atoms with Crippen LogP contribution in [0.5, 0.6) is 0 Å². The zero-order valence-corrected chi connectivity index (χ0v) is 9.95. The van der Waals surface area contributed by atoms with Crippen LogP contribution in [0.15, 0.2) is 0 Å². The summed E-state index contributed by atoms with van der Waals surface area (Å²) in [6.45, 7) is 7.51. The lowest BCUT2D eigenvalue weighted by molar-refractivity contribution is 0.567. The molecule has 3 nitrogen and oxygen atoms in total. The van der Waals surface area contributed by atoms with Crippen molar-refractivity contribution in [1.29, 1.82) is 0 Å². The van der Waals surface area contributed by atoms with Crippen LogP contribution in [0.25, 0.3) is 0 Å². The standard InChI is InChI=1S/C10H19N3S/c1-7(2)5-4-6-12-10-8(3)9(11)13-14-10/h7,12H,4-6H2,1-3H3,(H2,11,13). The van der Waals surface area contributed by atoms with Gasteiger partial charge < -0.3 is 11.1 Å². The Morgan fingerprint density at radius 1 is 1.50 bits per heavy atom. The van der Waals surface area contributed by atoms with Crippen molar-refractivity contribution in [2.75, 3.05) is 17.6 Å². The van der Waals surface area contributed by atoms with E-state index in [1.54, 1.807) is 0 Å². The fourth-order valence-electron chi connectivity index (χ4n) is 1.23. The highest BCUT2D eigenvalue weighted by atomic mass is 32.1. The zero-order chi connectivity index (χ0) is 10.6. The van der Waals surface area contributed by atoms with Crippen molar-refractivity contribution in [2.45, 2.75) is 33.6 Å². The van der Waals surface area contributed by atoms with Crippen LogP contribution in [0.3, 0.4) is 0 Å². The van der Waals surface area contributed by atoms with Crippen molar-refractivity contribution < 1.29 is 0 Å². The fraction of sp³-hybridized carbons (Fsp3) is 0.700. The van der Waals surface area contributed by atoms with E-state index in [9.17, 15) is 0 Å². The highest BCUT2D eigenvalue weighted by Gasteiger charge is 2.05. The molecule has 0 saturated carbocycles. The molecule has 0 aliphatic heterocycles. The zero-order valence-electron chi connectivity index (χ0n) is 9.13. The van der Waals surface area contributed by atoms with Crippen molar-refractivity contribution in [1.82, 2.24) is 4.37 Å². The van der Waals surface area contributed by atoms with Crippen LogP contribution >= 0.6 is 11.5 Å². The number of nitrogens with zero attached hydrogens (tertiary/aromatic N) is 1. The molecule has 0 bridgehead atoms. The van der Waals surface area contributed by atoms with Gasteiger partial charge in [-0.15, -0.1) is 0 Å². The Bertz CT molecular complexity index is 281. The van der Waals surface area contributed by atoms with E-state index in [2.05, 4.69) is 23.5 Å². The first-order valence-corrected chi connectivity index (χ1v) is 5.84. The van der Waals surface area contributed by atoms with E-state index in [0.29, 0.717) is 5.82 Å². The van der Waals surface area contributed by atoms with Crippen LogP contribution in [0.2, 0.25) is 0 Å². The van der Waals surface area contributed by atoms with Crippen LogP contribution in [0.4, 0.5) is 10.8 Å². The Balaban J connectivity index is 2.28. The lowest BCUT2D eigenvalue weighted by Gasteiger charge is -2.06. The number of rotatable bonds is 5. The van der Waals surface area contributed by atoms with Gasteiger partial charge in [0.1, 0.15) is 10.8 Å². The summed E-state index contributed by atoms with van der Waals surface area (Å²) in [6.07, 6.45) is 2.47. The highest BCUT2D eigenvalue weighted by molar-refractivity contribution is 7.10. The van der Waals surface area contributed by atoms with Crippen molar-refractivity contribution in [3.63, 3.8) is 0 Å². The maximum absolute atomic E-state index is 5.65. The molecule has 0 aromatic carbocycles. The van der Waals surface area contributed by atoms with Gasteiger partial charge in [0.2, 0.25) is 0 Å². The second-order valence-corrected chi connectivity index (χ2v) is 4.76. The van der Waals surface area contributed by atoms with Crippen LogP contribution in [0, 0.1) is 12.8 Å². The van der Waals surface area contributed by atoms with E-state index in [-0.39, 0.29) is 0 Å². The number of nitrogen functional groups attached to an aromatic ring is 1. The average molecular weight is 213 g/mol. The first-order valence-electron chi connectivity index (χ1n) is 5.07. The Morgan fingerprint density at radius 3 is 2.71 bits per heavy atom. The normalized spacial score (nSPS) is 10.9. The summed E-state index contributed by atoms with van der Waals surface area (Å²) in [5, 5.41) is 4.48. The molecular formula is C10H19N3S. The first-order chi connectivity index (χ1) is 6.61. The van der Waals surface area contributed by atoms with Crippen LogP contribution in [0.1, 0.15) is 32.3 Å². The predicted octanol–water partition coefficient (Wildman–Crippen LogP) is 2.88. The second kappa shape index (κ2) is 5.20. The van der Waals surface area contributed by atoms with Gasteiger partial charge >= 0.3 is 0 Å². The van der Waals surface area contributed by atoms with Gasteiger partial charge in [-0.3, -0.25) is 0 Å². The minimum absolute atomic E-state index is 0.654. The second-order valence-electron chi connectivity index (χ2n) is 3.98. The first kappa shape index (κ1) is 11.3. The molecule has 0 aliphatic rings. The molecule has 1 aromatic heterocycles. The largest absolute Gasteiger partial charge is 0.383 e. The molecule has 0 spiro atoms. The molecule has 0 unspecified atom stereocenters. The monoisotopic (exact) mass is 213 g/mol. The lowest BCUT2D eigenvalue weighted by Crippen LogP contribution is -2.02. The van der Waals surface area contributed by atoms with Gasteiger partial charge in [-0.05, 0) is 37.2 Å². The third kappa shape index (κ3) is 3.18. The predicted molar refractivity (Wildman–Crippen MR) is 63.8 cm³/mol. The van der Waals surface area contributed by atoms with Crippen molar-refractivity contribution in [3.8, 4) is 0 Å². The summed E-state index contributed by atoms with van der Waals surface area (Å²) < 4.78 is 4.09. The van der Waals surface area contributed by atoms with Gasteiger partial charge in [0.05, 0.1) is 0 Å². The van der Waals surface area contributed by atoms with Crippen LogP contribution < -0.4 is 11.1 Å². The molecule has 3 N–H and O–H groups in total. The van der Waals surface area contributed by atoms with Gasteiger partial charge in [0.15, 0.2) is 0 Å². The average Bonchev–Trinajstić information content (AvgIpc) is 2.43. The number of hydrogen-bond acceptors (Lipinski definition) is 4.